The van der Waals surface area contributed by atoms with Gasteiger partial charge < -0.3 is 10.4 Å². The maximum atomic E-state index is 13.2. The lowest BCUT2D eigenvalue weighted by molar-refractivity contribution is -0.137. The van der Waals surface area contributed by atoms with Gasteiger partial charge in [-0.2, -0.15) is 0 Å². The predicted octanol–water partition coefficient (Wildman–Crippen LogP) is 3.50. The third-order valence-electron chi connectivity index (χ3n) is 3.04. The van der Waals surface area contributed by atoms with E-state index in [9.17, 15) is 9.18 Å². The third kappa shape index (κ3) is 3.88. The minimum absolute atomic E-state index is 0.0285. The summed E-state index contributed by atoms with van der Waals surface area (Å²) >= 11 is 1.53. The van der Waals surface area contributed by atoms with Crippen LogP contribution in [0.1, 0.15) is 28.5 Å². The van der Waals surface area contributed by atoms with Gasteiger partial charge in [0.1, 0.15) is 5.82 Å². The van der Waals surface area contributed by atoms with E-state index >= 15 is 0 Å². The molecule has 0 spiro atoms. The van der Waals surface area contributed by atoms with Gasteiger partial charge in [-0.1, -0.05) is 18.2 Å². The van der Waals surface area contributed by atoms with Crippen LogP contribution >= 0.6 is 11.3 Å². The van der Waals surface area contributed by atoms with Crippen molar-refractivity contribution < 1.29 is 14.3 Å². The van der Waals surface area contributed by atoms with Crippen LogP contribution in [0, 0.1) is 12.7 Å². The fourth-order valence-corrected chi connectivity index (χ4v) is 2.80. The molecular weight excluding hydrogens is 277 g/mol. The van der Waals surface area contributed by atoms with Gasteiger partial charge in [0, 0.05) is 11.4 Å². The molecule has 106 valence electrons. The van der Waals surface area contributed by atoms with Gasteiger partial charge in [0.15, 0.2) is 0 Å². The van der Waals surface area contributed by atoms with Gasteiger partial charge >= 0.3 is 5.97 Å². The van der Waals surface area contributed by atoms with Gasteiger partial charge in [-0.15, -0.1) is 11.3 Å². The van der Waals surface area contributed by atoms with E-state index in [2.05, 4.69) is 5.32 Å². The molecule has 2 aromatic rings. The summed E-state index contributed by atoms with van der Waals surface area (Å²) in [5.41, 5.74) is 1.53. The molecule has 0 aliphatic carbocycles. The number of aliphatic carboxylic acids is 1. The molecule has 1 heterocycles. The lowest BCUT2D eigenvalue weighted by atomic mass is 10.1. The molecule has 2 rings (SSSR count). The molecular formula is C15H16FNO2S. The van der Waals surface area contributed by atoms with Gasteiger partial charge in [-0.3, -0.25) is 4.79 Å². The topological polar surface area (TPSA) is 49.3 Å². The molecule has 0 aliphatic rings. The van der Waals surface area contributed by atoms with Crippen molar-refractivity contribution in [2.75, 3.05) is 0 Å². The van der Waals surface area contributed by atoms with E-state index in [1.165, 1.54) is 17.4 Å². The molecule has 0 fully saturated rings. The standard InChI is InChI=1S/C15H16FNO2S/c1-10-7-11(4-5-12(10)16)9-17-13(8-15(18)19)14-3-2-6-20-14/h2-7,13,17H,8-9H2,1H3,(H,18,19). The number of carboxylic acid groups (broad SMARTS) is 1. The van der Waals surface area contributed by atoms with E-state index in [4.69, 9.17) is 5.11 Å². The third-order valence-corrected chi connectivity index (χ3v) is 4.03. The van der Waals surface area contributed by atoms with Crippen molar-refractivity contribution in [2.45, 2.75) is 25.9 Å². The Kier molecular flexibility index (Phi) is 4.87. The first-order valence-electron chi connectivity index (χ1n) is 6.30. The number of aryl methyl sites for hydroxylation is 1. The highest BCUT2D eigenvalue weighted by Gasteiger charge is 2.16. The summed E-state index contributed by atoms with van der Waals surface area (Å²) in [5, 5.41) is 14.1. The van der Waals surface area contributed by atoms with Crippen molar-refractivity contribution in [1.29, 1.82) is 0 Å². The van der Waals surface area contributed by atoms with Crippen molar-refractivity contribution in [3.05, 3.63) is 57.5 Å². The Bertz CT molecular complexity index is 584. The fourth-order valence-electron chi connectivity index (χ4n) is 2.00. The monoisotopic (exact) mass is 293 g/mol. The van der Waals surface area contributed by atoms with Crippen LogP contribution in [-0.4, -0.2) is 11.1 Å². The van der Waals surface area contributed by atoms with Crippen molar-refractivity contribution in [3.63, 3.8) is 0 Å². The van der Waals surface area contributed by atoms with Crippen LogP contribution < -0.4 is 5.32 Å². The Balaban J connectivity index is 2.04. The molecule has 0 radical (unpaired) electrons. The summed E-state index contributed by atoms with van der Waals surface area (Å²) in [6.45, 7) is 2.23. The van der Waals surface area contributed by atoms with Crippen LogP contribution in [0.5, 0.6) is 0 Å². The van der Waals surface area contributed by atoms with Gasteiger partial charge in [-0.05, 0) is 35.6 Å². The molecule has 20 heavy (non-hydrogen) atoms. The Hall–Kier alpha value is -1.72. The van der Waals surface area contributed by atoms with Crippen molar-refractivity contribution in [3.8, 4) is 0 Å². The Labute approximate surface area is 121 Å². The lowest BCUT2D eigenvalue weighted by Gasteiger charge is -2.15. The number of halogens is 1. The van der Waals surface area contributed by atoms with E-state index in [1.807, 2.05) is 17.5 Å². The smallest absolute Gasteiger partial charge is 0.305 e. The average molecular weight is 293 g/mol. The number of nitrogens with one attached hydrogen (secondary N) is 1. The summed E-state index contributed by atoms with van der Waals surface area (Å²) < 4.78 is 13.2. The van der Waals surface area contributed by atoms with Crippen molar-refractivity contribution in [1.82, 2.24) is 5.32 Å². The van der Waals surface area contributed by atoms with E-state index in [0.29, 0.717) is 12.1 Å². The molecule has 0 amide bonds. The SMILES string of the molecule is Cc1cc(CNC(CC(=O)O)c2cccs2)ccc1F. The largest absolute Gasteiger partial charge is 0.481 e. The van der Waals surface area contributed by atoms with Crippen LogP contribution in [0.4, 0.5) is 4.39 Å². The Morgan fingerprint density at radius 3 is 2.85 bits per heavy atom. The van der Waals surface area contributed by atoms with Gasteiger partial charge in [0.2, 0.25) is 0 Å². The zero-order valence-corrected chi connectivity index (χ0v) is 11.9. The normalized spacial score (nSPS) is 12.3. The number of hydrogen-bond acceptors (Lipinski definition) is 3. The minimum Gasteiger partial charge on any atom is -0.481 e. The summed E-state index contributed by atoms with van der Waals surface area (Å²) in [7, 11) is 0. The van der Waals surface area contributed by atoms with Crippen LogP contribution in [0.15, 0.2) is 35.7 Å². The van der Waals surface area contributed by atoms with E-state index in [1.54, 1.807) is 19.1 Å². The molecule has 1 unspecified atom stereocenters. The fraction of sp³-hybridized carbons (Fsp3) is 0.267. The first-order chi connectivity index (χ1) is 9.56. The van der Waals surface area contributed by atoms with E-state index < -0.39 is 5.97 Å². The number of benzene rings is 1. The lowest BCUT2D eigenvalue weighted by Crippen LogP contribution is -2.22. The summed E-state index contributed by atoms with van der Waals surface area (Å²) in [4.78, 5) is 11.9. The quantitative estimate of drug-likeness (QED) is 0.857. The number of hydrogen-bond donors (Lipinski definition) is 2. The van der Waals surface area contributed by atoms with Gasteiger partial charge in [-0.25, -0.2) is 4.39 Å². The van der Waals surface area contributed by atoms with Crippen LogP contribution in [0.3, 0.4) is 0 Å². The van der Waals surface area contributed by atoms with Gasteiger partial charge in [0.05, 0.1) is 12.5 Å². The number of carboxylic acids is 1. The summed E-state index contributed by atoms with van der Waals surface area (Å²) in [6, 6.07) is 8.51. The highest BCUT2D eigenvalue weighted by atomic mass is 32.1. The summed E-state index contributed by atoms with van der Waals surface area (Å²) in [5.74, 6) is -1.07. The number of thiophene rings is 1. The van der Waals surface area contributed by atoms with E-state index in [0.717, 1.165) is 10.4 Å². The van der Waals surface area contributed by atoms with Crippen molar-refractivity contribution >= 4 is 17.3 Å². The second-order valence-electron chi connectivity index (χ2n) is 4.63. The number of rotatable bonds is 6. The van der Waals surface area contributed by atoms with Crippen LogP contribution in [0.2, 0.25) is 0 Å². The van der Waals surface area contributed by atoms with Crippen LogP contribution in [-0.2, 0) is 11.3 Å². The molecule has 1 atom stereocenters. The molecule has 2 N–H and O–H groups in total. The zero-order chi connectivity index (χ0) is 14.5. The maximum Gasteiger partial charge on any atom is 0.305 e. The first-order valence-corrected chi connectivity index (χ1v) is 7.18. The van der Waals surface area contributed by atoms with Crippen molar-refractivity contribution in [2.24, 2.45) is 0 Å². The molecule has 5 heteroatoms. The molecule has 1 aromatic carbocycles. The molecule has 3 nitrogen and oxygen atoms in total. The minimum atomic E-state index is -0.841. The zero-order valence-electron chi connectivity index (χ0n) is 11.1. The number of carbonyl (C=O) groups is 1. The second-order valence-corrected chi connectivity index (χ2v) is 5.61. The molecule has 0 bridgehead atoms. The molecule has 0 aliphatic heterocycles. The van der Waals surface area contributed by atoms with Gasteiger partial charge in [0.25, 0.3) is 0 Å². The molecule has 0 saturated carbocycles. The Morgan fingerprint density at radius 1 is 1.45 bits per heavy atom. The molecule has 0 saturated heterocycles. The summed E-state index contributed by atoms with van der Waals surface area (Å²) in [6.07, 6.45) is 0.0285. The second kappa shape index (κ2) is 6.63. The molecule has 1 aromatic heterocycles. The average Bonchev–Trinajstić information content (AvgIpc) is 2.92. The maximum absolute atomic E-state index is 13.2. The highest BCUT2D eigenvalue weighted by molar-refractivity contribution is 7.10. The Morgan fingerprint density at radius 2 is 2.25 bits per heavy atom. The predicted molar refractivity (Wildman–Crippen MR) is 77.3 cm³/mol. The van der Waals surface area contributed by atoms with E-state index in [-0.39, 0.29) is 18.3 Å². The first kappa shape index (κ1) is 14.7. The van der Waals surface area contributed by atoms with Crippen LogP contribution in [0.25, 0.3) is 0 Å². The highest BCUT2D eigenvalue weighted by Crippen LogP contribution is 2.22.